The first-order chi connectivity index (χ1) is 16.3. The Morgan fingerprint density at radius 1 is 1.21 bits per heavy atom. The highest BCUT2D eigenvalue weighted by Crippen LogP contribution is 2.48. The number of hydrogen-bond acceptors (Lipinski definition) is 3. The van der Waals surface area contributed by atoms with Gasteiger partial charge >= 0.3 is 0 Å². The highest BCUT2D eigenvalue weighted by molar-refractivity contribution is 6.30. The van der Waals surface area contributed by atoms with Gasteiger partial charge in [-0.2, -0.15) is 0 Å². The third kappa shape index (κ3) is 5.16. The number of nitrogens with one attached hydrogen (secondary N) is 1. The summed E-state index contributed by atoms with van der Waals surface area (Å²) in [6.07, 6.45) is 4.70. The molecule has 1 saturated carbocycles. The zero-order chi connectivity index (χ0) is 24.3. The number of carbonyl (C=O) groups excluding carboxylic acids is 2. The van der Waals surface area contributed by atoms with Crippen LogP contribution < -0.4 is 5.32 Å². The normalized spacial score (nSPS) is 18.2. The van der Waals surface area contributed by atoms with Gasteiger partial charge in [-0.3, -0.25) is 9.59 Å². The molecule has 6 heteroatoms. The van der Waals surface area contributed by atoms with E-state index in [2.05, 4.69) is 5.32 Å². The fraction of sp³-hybridized carbons (Fsp3) is 0.500. The molecule has 1 aliphatic heterocycles. The summed E-state index contributed by atoms with van der Waals surface area (Å²) in [4.78, 5) is 27.2. The molecule has 2 atom stereocenters. The van der Waals surface area contributed by atoms with Crippen LogP contribution in [0, 0.1) is 5.92 Å². The van der Waals surface area contributed by atoms with Crippen LogP contribution in [0.1, 0.15) is 73.0 Å². The van der Waals surface area contributed by atoms with Crippen molar-refractivity contribution in [3.8, 4) is 0 Å². The lowest BCUT2D eigenvalue weighted by Crippen LogP contribution is -2.54. The average Bonchev–Trinajstić information content (AvgIpc) is 2.81. The van der Waals surface area contributed by atoms with Gasteiger partial charge in [0.05, 0.1) is 6.10 Å². The molecule has 2 unspecified atom stereocenters. The number of nitrogens with zero attached hydrogens (tertiary/aromatic N) is 1. The molecule has 2 aromatic rings. The van der Waals surface area contributed by atoms with Gasteiger partial charge in [0.1, 0.15) is 0 Å². The molecule has 2 N–H and O–H groups in total. The first kappa shape index (κ1) is 24.7. The Kier molecular flexibility index (Phi) is 7.63. The van der Waals surface area contributed by atoms with Crippen LogP contribution in [-0.4, -0.2) is 41.0 Å². The van der Waals surface area contributed by atoms with Gasteiger partial charge in [-0.1, -0.05) is 56.1 Å². The highest BCUT2D eigenvalue weighted by Gasteiger charge is 2.47. The maximum atomic E-state index is 13.2. The third-order valence-corrected chi connectivity index (χ3v) is 7.92. The van der Waals surface area contributed by atoms with Crippen molar-refractivity contribution in [3.05, 3.63) is 69.7 Å². The van der Waals surface area contributed by atoms with E-state index in [1.54, 1.807) is 6.07 Å². The summed E-state index contributed by atoms with van der Waals surface area (Å²) >= 11 is 6.24. The molecule has 1 fully saturated rings. The Bertz CT molecular complexity index is 1050. The van der Waals surface area contributed by atoms with E-state index < -0.39 is 6.10 Å². The maximum Gasteiger partial charge on any atom is 0.254 e. The molecule has 0 bridgehead atoms. The molecular weight excluding hydrogens is 448 g/mol. The number of aliphatic hydroxyl groups excluding tert-OH is 1. The fourth-order valence-corrected chi connectivity index (χ4v) is 5.37. The second-order valence-electron chi connectivity index (χ2n) is 10.00. The van der Waals surface area contributed by atoms with Gasteiger partial charge in [0.2, 0.25) is 5.91 Å². The molecule has 0 aromatic heterocycles. The molecular formula is C28H35ClN2O3. The minimum Gasteiger partial charge on any atom is -0.391 e. The van der Waals surface area contributed by atoms with Crippen LogP contribution in [0.15, 0.2) is 42.5 Å². The first-order valence-corrected chi connectivity index (χ1v) is 12.8. The Morgan fingerprint density at radius 3 is 2.62 bits per heavy atom. The summed E-state index contributed by atoms with van der Waals surface area (Å²) in [6.45, 7) is 5.40. The number of halogens is 1. The number of fused-ring (bicyclic) bond motifs is 2. The van der Waals surface area contributed by atoms with Crippen molar-refractivity contribution >= 4 is 23.4 Å². The van der Waals surface area contributed by atoms with E-state index in [1.807, 2.05) is 55.1 Å². The van der Waals surface area contributed by atoms with E-state index in [-0.39, 0.29) is 23.1 Å². The summed E-state index contributed by atoms with van der Waals surface area (Å²) in [5.74, 6) is 0.0417. The van der Waals surface area contributed by atoms with Crippen molar-refractivity contribution < 1.29 is 14.7 Å². The fourth-order valence-electron chi connectivity index (χ4n) is 5.20. The summed E-state index contributed by atoms with van der Waals surface area (Å²) in [6, 6.07) is 13.6. The van der Waals surface area contributed by atoms with Gasteiger partial charge in [-0.15, -0.1) is 0 Å². The van der Waals surface area contributed by atoms with Crippen molar-refractivity contribution in [1.29, 1.82) is 0 Å². The molecule has 0 radical (unpaired) electrons. The Morgan fingerprint density at radius 2 is 1.94 bits per heavy atom. The van der Waals surface area contributed by atoms with Gasteiger partial charge in [0.25, 0.3) is 5.91 Å². The summed E-state index contributed by atoms with van der Waals surface area (Å²) in [5, 5.41) is 14.6. The summed E-state index contributed by atoms with van der Waals surface area (Å²) in [5.41, 5.74) is 3.97. The highest BCUT2D eigenvalue weighted by atomic mass is 35.5. The van der Waals surface area contributed by atoms with E-state index in [0.29, 0.717) is 37.5 Å². The monoisotopic (exact) mass is 482 g/mol. The summed E-state index contributed by atoms with van der Waals surface area (Å²) in [7, 11) is 0. The lowest BCUT2D eigenvalue weighted by molar-refractivity contribution is -0.124. The number of aryl methyl sites for hydroxylation is 1. The first-order valence-electron chi connectivity index (χ1n) is 12.4. The smallest absolute Gasteiger partial charge is 0.254 e. The number of rotatable bonds is 9. The van der Waals surface area contributed by atoms with E-state index in [1.165, 1.54) is 0 Å². The Hall–Kier alpha value is -2.37. The van der Waals surface area contributed by atoms with Crippen LogP contribution in [-0.2, 0) is 23.2 Å². The molecule has 2 amide bonds. The molecule has 1 spiro atoms. The summed E-state index contributed by atoms with van der Waals surface area (Å²) < 4.78 is 0. The van der Waals surface area contributed by atoms with Crippen LogP contribution in [0.25, 0.3) is 0 Å². The number of amides is 2. The lowest BCUT2D eigenvalue weighted by atomic mass is 9.61. The zero-order valence-corrected chi connectivity index (χ0v) is 20.9. The minimum atomic E-state index is -0.613. The number of β-amino-alcohol motifs (C(OH)–C–C–N with tert-alkyl or cyclic N) is 1. The van der Waals surface area contributed by atoms with Crippen molar-refractivity contribution in [1.82, 2.24) is 10.2 Å². The predicted octanol–water partition coefficient (Wildman–Crippen LogP) is 4.87. The SMILES string of the molecule is CCC(C)C(=O)NCc1ccccc1CCC(O)CN1CC2(CCC2)c2cc(Cl)ccc2C1=O. The number of benzene rings is 2. The molecule has 34 heavy (non-hydrogen) atoms. The Labute approximate surface area is 207 Å². The van der Waals surface area contributed by atoms with E-state index >= 15 is 0 Å². The third-order valence-electron chi connectivity index (χ3n) is 7.68. The van der Waals surface area contributed by atoms with Crippen LogP contribution in [0.4, 0.5) is 0 Å². The van der Waals surface area contributed by atoms with Gasteiger partial charge in [0, 0.05) is 41.6 Å². The van der Waals surface area contributed by atoms with E-state index in [9.17, 15) is 14.7 Å². The Balaban J connectivity index is 1.38. The van der Waals surface area contributed by atoms with Crippen LogP contribution in [0.3, 0.4) is 0 Å². The van der Waals surface area contributed by atoms with Crippen LogP contribution in [0.2, 0.25) is 5.02 Å². The number of hydrogen-bond donors (Lipinski definition) is 2. The minimum absolute atomic E-state index is 0.00354. The molecule has 0 saturated heterocycles. The zero-order valence-electron chi connectivity index (χ0n) is 20.1. The second kappa shape index (κ2) is 10.5. The van der Waals surface area contributed by atoms with Gasteiger partial charge < -0.3 is 15.3 Å². The van der Waals surface area contributed by atoms with Crippen molar-refractivity contribution in [2.24, 2.45) is 5.92 Å². The largest absolute Gasteiger partial charge is 0.391 e. The molecule has 2 aliphatic rings. The van der Waals surface area contributed by atoms with Crippen molar-refractivity contribution in [2.75, 3.05) is 13.1 Å². The molecule has 182 valence electrons. The second-order valence-corrected chi connectivity index (χ2v) is 10.4. The van der Waals surface area contributed by atoms with E-state index in [4.69, 9.17) is 11.6 Å². The van der Waals surface area contributed by atoms with E-state index in [0.717, 1.165) is 47.9 Å². The number of carbonyl (C=O) groups is 2. The molecule has 1 heterocycles. The topological polar surface area (TPSA) is 69.6 Å². The van der Waals surface area contributed by atoms with Gasteiger partial charge in [-0.25, -0.2) is 0 Å². The molecule has 5 nitrogen and oxygen atoms in total. The molecule has 4 rings (SSSR count). The number of aliphatic hydroxyl groups is 1. The van der Waals surface area contributed by atoms with Gasteiger partial charge in [-0.05, 0) is 67.0 Å². The van der Waals surface area contributed by atoms with Crippen molar-refractivity contribution in [2.45, 2.75) is 70.4 Å². The van der Waals surface area contributed by atoms with Crippen LogP contribution in [0.5, 0.6) is 0 Å². The molecule has 2 aromatic carbocycles. The average molecular weight is 483 g/mol. The van der Waals surface area contributed by atoms with Gasteiger partial charge in [0.15, 0.2) is 0 Å². The lowest BCUT2D eigenvalue weighted by Gasteiger charge is -2.50. The maximum absolute atomic E-state index is 13.2. The molecule has 1 aliphatic carbocycles. The van der Waals surface area contributed by atoms with Crippen LogP contribution >= 0.6 is 11.6 Å². The standard InChI is InChI=1S/C28H35ClN2O3/c1-3-19(2)26(33)30-16-21-8-5-4-7-20(21)9-11-23(32)17-31-18-28(13-6-14-28)25-15-22(29)10-12-24(25)27(31)34/h4-5,7-8,10,12,15,19,23,32H,3,6,9,11,13-14,16-18H2,1-2H3,(H,30,33). The predicted molar refractivity (Wildman–Crippen MR) is 135 cm³/mol. The quantitative estimate of drug-likeness (QED) is 0.535. The van der Waals surface area contributed by atoms with Crippen molar-refractivity contribution in [3.63, 3.8) is 0 Å².